The molecule has 0 aliphatic heterocycles. The summed E-state index contributed by atoms with van der Waals surface area (Å²) in [6, 6.07) is 22.7. The van der Waals surface area contributed by atoms with E-state index in [1.54, 1.807) is 31.9 Å². The number of carbonyl (C=O) groups is 3. The zero-order valence-electron chi connectivity index (χ0n) is 37.0. The maximum atomic E-state index is 13.4. The normalized spacial score (nSPS) is 12.7. The lowest BCUT2D eigenvalue weighted by Gasteiger charge is -2.32. The molecule has 0 aliphatic rings. The van der Waals surface area contributed by atoms with Gasteiger partial charge in [-0.15, -0.1) is 0 Å². The van der Waals surface area contributed by atoms with Crippen LogP contribution in [0.3, 0.4) is 0 Å². The third-order valence-corrected chi connectivity index (χ3v) is 9.77. The molecule has 5 rings (SSSR count). The summed E-state index contributed by atoms with van der Waals surface area (Å²) in [4.78, 5) is 65.5. The molecule has 5 aromatic rings. The second kappa shape index (κ2) is 20.4. The number of rotatable bonds is 16. The number of pyridine rings is 1. The van der Waals surface area contributed by atoms with Crippen LogP contribution in [0.1, 0.15) is 110 Å². The maximum absolute atomic E-state index is 13.4. The van der Waals surface area contributed by atoms with Gasteiger partial charge in [-0.2, -0.15) is 4.98 Å². The summed E-state index contributed by atoms with van der Waals surface area (Å²) in [7, 11) is 0. The Morgan fingerprint density at radius 2 is 1.56 bits per heavy atom. The number of H-pyrrole nitrogens is 1. The minimum Gasteiger partial charge on any atom is -0.445 e. The lowest BCUT2D eigenvalue weighted by atomic mass is 10.1. The number of hydrogen-bond donors (Lipinski definition) is 3. The fourth-order valence-electron chi connectivity index (χ4n) is 6.68. The van der Waals surface area contributed by atoms with Crippen LogP contribution in [-0.2, 0) is 33.7 Å². The molecule has 0 saturated heterocycles. The molecule has 3 N–H and O–H groups in total. The van der Waals surface area contributed by atoms with Crippen LogP contribution in [0.2, 0.25) is 0 Å². The van der Waals surface area contributed by atoms with Crippen molar-refractivity contribution in [2.24, 2.45) is 0 Å². The minimum absolute atomic E-state index is 0.0670. The molecule has 14 nitrogen and oxygen atoms in total. The molecule has 326 valence electrons. The van der Waals surface area contributed by atoms with E-state index in [-0.39, 0.29) is 18.7 Å². The third-order valence-electron chi connectivity index (χ3n) is 9.77. The van der Waals surface area contributed by atoms with E-state index < -0.39 is 35.2 Å². The number of aromatic amines is 1. The van der Waals surface area contributed by atoms with Gasteiger partial charge in [-0.25, -0.2) is 19.2 Å². The first-order valence-corrected chi connectivity index (χ1v) is 21.0. The van der Waals surface area contributed by atoms with Gasteiger partial charge >= 0.3 is 24.0 Å². The van der Waals surface area contributed by atoms with Crippen LogP contribution in [0.5, 0.6) is 0 Å². The Bertz CT molecular complexity index is 2310. The van der Waals surface area contributed by atoms with Crippen LogP contribution in [0.25, 0.3) is 28.1 Å². The van der Waals surface area contributed by atoms with E-state index >= 15 is 0 Å². The monoisotopic (exact) mass is 835 g/mol. The number of hydrogen-bond acceptors (Lipinski definition) is 9. The molecule has 0 fully saturated rings. The van der Waals surface area contributed by atoms with Crippen molar-refractivity contribution in [2.75, 3.05) is 13.1 Å². The summed E-state index contributed by atoms with van der Waals surface area (Å²) < 4.78 is 17.9. The fraction of sp³-hybridized carbons (Fsp3) is 0.447. The summed E-state index contributed by atoms with van der Waals surface area (Å²) in [5.74, 6) is 0. The Morgan fingerprint density at radius 1 is 0.852 bits per heavy atom. The van der Waals surface area contributed by atoms with Gasteiger partial charge < -0.3 is 34.7 Å². The van der Waals surface area contributed by atoms with Crippen LogP contribution in [0, 0.1) is 0 Å². The number of alkyl carbamates (subject to hydrolysis) is 2. The second-order valence-electron chi connectivity index (χ2n) is 17.3. The van der Waals surface area contributed by atoms with Crippen molar-refractivity contribution in [3.63, 3.8) is 0 Å². The Labute approximate surface area is 358 Å². The maximum Gasteiger partial charge on any atom is 0.410 e. The predicted octanol–water partition coefficient (Wildman–Crippen LogP) is 9.19. The first-order chi connectivity index (χ1) is 28.9. The first kappa shape index (κ1) is 45.9. The molecule has 0 unspecified atom stereocenters. The first-order valence-electron chi connectivity index (χ1n) is 21.0. The lowest BCUT2D eigenvalue weighted by molar-refractivity contribution is 0.0171. The highest BCUT2D eigenvalue weighted by molar-refractivity contribution is 5.82. The molecule has 61 heavy (non-hydrogen) atoms. The number of aryl methyl sites for hydroxylation is 2. The van der Waals surface area contributed by atoms with E-state index in [1.165, 1.54) is 4.57 Å². The van der Waals surface area contributed by atoms with Crippen molar-refractivity contribution in [1.82, 2.24) is 35.1 Å². The molecule has 2 atom stereocenters. The summed E-state index contributed by atoms with van der Waals surface area (Å²) >= 11 is 0. The van der Waals surface area contributed by atoms with Crippen molar-refractivity contribution >= 4 is 29.3 Å². The minimum atomic E-state index is -0.699. The summed E-state index contributed by atoms with van der Waals surface area (Å²) in [5.41, 5.74) is 4.68. The van der Waals surface area contributed by atoms with Gasteiger partial charge in [0.25, 0.3) is 0 Å². The van der Waals surface area contributed by atoms with E-state index in [4.69, 9.17) is 19.2 Å². The van der Waals surface area contributed by atoms with Gasteiger partial charge in [-0.3, -0.25) is 9.55 Å². The van der Waals surface area contributed by atoms with Crippen LogP contribution >= 0.6 is 0 Å². The van der Waals surface area contributed by atoms with Crippen LogP contribution in [0.4, 0.5) is 14.4 Å². The van der Waals surface area contributed by atoms with E-state index in [9.17, 15) is 19.2 Å². The van der Waals surface area contributed by atoms with Crippen LogP contribution in [0.15, 0.2) is 83.8 Å². The number of aromatic nitrogens is 4. The number of ether oxygens (including phenoxy) is 3. The van der Waals surface area contributed by atoms with Crippen molar-refractivity contribution in [2.45, 2.75) is 124 Å². The van der Waals surface area contributed by atoms with Crippen molar-refractivity contribution in [3.8, 4) is 17.1 Å². The second-order valence-corrected chi connectivity index (χ2v) is 17.3. The Balaban J connectivity index is 1.25. The molecule has 3 aromatic heterocycles. The quantitative estimate of drug-likeness (QED) is 0.0648. The summed E-state index contributed by atoms with van der Waals surface area (Å²) in [5, 5.41) is 6.41. The zero-order valence-corrected chi connectivity index (χ0v) is 37.0. The van der Waals surface area contributed by atoms with Crippen LogP contribution in [-0.4, -0.2) is 73.0 Å². The number of fused-ring (bicyclic) bond motifs is 1. The highest BCUT2D eigenvalue weighted by Gasteiger charge is 2.27. The molecular weight excluding hydrogens is 775 g/mol. The SMILES string of the molecule is CCc1cc(CCC[C@H](C)NC(=O)OCc2ccccc2)nc(-c2cc3cn(-c4ccc([C@H](C)N(CCCNC(=O)OC(C)(C)C)C(=O)OC(C)(C)C)cc4)c(=O)nc3[nH]2)c1. The molecule has 0 spiro atoms. The third kappa shape index (κ3) is 13.9. The van der Waals surface area contributed by atoms with Gasteiger partial charge in [0.1, 0.15) is 23.5 Å². The summed E-state index contributed by atoms with van der Waals surface area (Å²) in [6.07, 6.45) is 3.94. The highest BCUT2D eigenvalue weighted by Crippen LogP contribution is 2.27. The van der Waals surface area contributed by atoms with Gasteiger partial charge in [0, 0.05) is 36.4 Å². The number of amides is 3. The number of nitrogens with one attached hydrogen (secondary N) is 3. The molecule has 0 radical (unpaired) electrons. The molecule has 14 heteroatoms. The largest absolute Gasteiger partial charge is 0.445 e. The lowest BCUT2D eigenvalue weighted by Crippen LogP contribution is -2.40. The average molecular weight is 836 g/mol. The fourth-order valence-corrected chi connectivity index (χ4v) is 6.68. The van der Waals surface area contributed by atoms with E-state index in [1.807, 2.05) is 101 Å². The van der Waals surface area contributed by atoms with Crippen molar-refractivity contribution < 1.29 is 28.6 Å². The molecule has 0 saturated carbocycles. The van der Waals surface area contributed by atoms with Crippen molar-refractivity contribution in [3.05, 3.63) is 112 Å². The molecule has 3 heterocycles. The van der Waals surface area contributed by atoms with Crippen LogP contribution < -0.4 is 16.3 Å². The van der Waals surface area contributed by atoms with Gasteiger partial charge in [-0.1, -0.05) is 49.4 Å². The molecule has 0 bridgehead atoms. The smallest absolute Gasteiger partial charge is 0.410 e. The van der Waals surface area contributed by atoms with Gasteiger partial charge in [0.05, 0.1) is 23.1 Å². The molecule has 3 amide bonds. The number of benzene rings is 2. The van der Waals surface area contributed by atoms with E-state index in [0.29, 0.717) is 30.8 Å². The van der Waals surface area contributed by atoms with Gasteiger partial charge in [0.15, 0.2) is 0 Å². The Morgan fingerprint density at radius 3 is 2.23 bits per heavy atom. The average Bonchev–Trinajstić information content (AvgIpc) is 3.61. The standard InChI is InChI=1S/C47H61N7O7/c1-10-33-26-37(19-14-16-31(2)49-44(57)59-30-34-17-12-11-13-18-34)50-39(27-33)40-28-36-29-54(42(55)52-41(36)51-40)38-22-20-35(21-23-38)32(3)53(45(58)61-47(7,8)9)25-15-24-48-43(56)60-46(4,5)6/h11-13,17-18,20-23,26-29,31-32H,10,14-16,19,24-25,30H2,1-9H3,(H,48,56)(H,49,57)(H,51,52,55)/t31-,32-/m0/s1. The van der Waals surface area contributed by atoms with Crippen molar-refractivity contribution in [1.29, 1.82) is 0 Å². The highest BCUT2D eigenvalue weighted by atomic mass is 16.6. The van der Waals surface area contributed by atoms with E-state index in [0.717, 1.165) is 64.8 Å². The van der Waals surface area contributed by atoms with E-state index in [2.05, 4.69) is 33.6 Å². The zero-order chi connectivity index (χ0) is 44.3. The Hall–Kier alpha value is -6.18. The van der Waals surface area contributed by atoms with Gasteiger partial charge in [0.2, 0.25) is 0 Å². The number of carbonyl (C=O) groups excluding carboxylic acids is 3. The summed E-state index contributed by atoms with van der Waals surface area (Å²) in [6.45, 7) is 17.7. The molecule has 2 aromatic carbocycles. The molecule has 0 aliphatic carbocycles. The Kier molecular flexibility index (Phi) is 15.3. The van der Waals surface area contributed by atoms with Gasteiger partial charge in [-0.05, 0) is 135 Å². The number of nitrogens with zero attached hydrogens (tertiary/aromatic N) is 4. The topological polar surface area (TPSA) is 170 Å². The molecular formula is C47H61N7O7. The predicted molar refractivity (Wildman–Crippen MR) is 237 cm³/mol.